The summed E-state index contributed by atoms with van der Waals surface area (Å²) in [4.78, 5) is 5.17. The number of piperidine rings is 1. The van der Waals surface area contributed by atoms with E-state index in [0.717, 1.165) is 12.5 Å². The maximum Gasteiger partial charge on any atom is 0.0332 e. The summed E-state index contributed by atoms with van der Waals surface area (Å²) in [6.07, 6.45) is 10.8. The Morgan fingerprint density at radius 3 is 2.65 bits per heavy atom. The molecule has 2 N–H and O–H groups in total. The maximum atomic E-state index is 6.28. The SMILES string of the molecule is CCC1CCCC(CN)(N(C)C2CCCN(C)C2)CC1. The van der Waals surface area contributed by atoms with E-state index in [1.54, 1.807) is 0 Å². The lowest BCUT2D eigenvalue weighted by Crippen LogP contribution is -2.59. The van der Waals surface area contributed by atoms with Crippen molar-refractivity contribution in [2.75, 3.05) is 33.7 Å². The van der Waals surface area contributed by atoms with Gasteiger partial charge in [-0.2, -0.15) is 0 Å². The van der Waals surface area contributed by atoms with Gasteiger partial charge in [-0.15, -0.1) is 0 Å². The van der Waals surface area contributed by atoms with Crippen LogP contribution in [0.15, 0.2) is 0 Å². The molecule has 3 atom stereocenters. The van der Waals surface area contributed by atoms with E-state index in [-0.39, 0.29) is 5.54 Å². The Morgan fingerprint density at radius 1 is 1.20 bits per heavy atom. The Bertz CT molecular complexity index is 294. The molecule has 2 rings (SSSR count). The van der Waals surface area contributed by atoms with Crippen molar-refractivity contribution in [2.24, 2.45) is 11.7 Å². The van der Waals surface area contributed by atoms with Crippen LogP contribution in [0.5, 0.6) is 0 Å². The normalized spacial score (nSPS) is 37.0. The van der Waals surface area contributed by atoms with E-state index in [1.165, 1.54) is 64.5 Å². The van der Waals surface area contributed by atoms with Gasteiger partial charge in [0.05, 0.1) is 0 Å². The van der Waals surface area contributed by atoms with Crippen molar-refractivity contribution in [3.63, 3.8) is 0 Å². The third-order valence-corrected chi connectivity index (χ3v) is 6.13. The van der Waals surface area contributed by atoms with Gasteiger partial charge in [-0.3, -0.25) is 4.90 Å². The maximum absolute atomic E-state index is 6.28. The van der Waals surface area contributed by atoms with Crippen LogP contribution in [0.1, 0.15) is 58.3 Å². The summed E-state index contributed by atoms with van der Waals surface area (Å²) in [7, 11) is 4.61. The summed E-state index contributed by atoms with van der Waals surface area (Å²) >= 11 is 0. The van der Waals surface area contributed by atoms with E-state index < -0.39 is 0 Å². The van der Waals surface area contributed by atoms with E-state index in [1.807, 2.05) is 0 Å². The van der Waals surface area contributed by atoms with Crippen LogP contribution < -0.4 is 5.73 Å². The third kappa shape index (κ3) is 3.55. The van der Waals surface area contributed by atoms with Crippen LogP contribution in [0.25, 0.3) is 0 Å². The van der Waals surface area contributed by atoms with Crippen LogP contribution in [-0.2, 0) is 0 Å². The monoisotopic (exact) mass is 281 g/mol. The van der Waals surface area contributed by atoms with Crippen molar-refractivity contribution in [1.29, 1.82) is 0 Å². The molecular formula is C17H35N3. The molecule has 0 radical (unpaired) electrons. The summed E-state index contributed by atoms with van der Waals surface area (Å²) in [6, 6.07) is 0.704. The zero-order valence-corrected chi connectivity index (χ0v) is 13.9. The molecule has 2 fully saturated rings. The minimum absolute atomic E-state index is 0.271. The summed E-state index contributed by atoms with van der Waals surface area (Å²) < 4.78 is 0. The largest absolute Gasteiger partial charge is 0.329 e. The molecule has 1 saturated heterocycles. The number of hydrogen-bond donors (Lipinski definition) is 1. The average Bonchev–Trinajstić information content (AvgIpc) is 2.69. The van der Waals surface area contributed by atoms with Gasteiger partial charge in [0.15, 0.2) is 0 Å². The Kier molecular flexibility index (Phi) is 5.88. The molecule has 0 aromatic carbocycles. The van der Waals surface area contributed by atoms with E-state index in [2.05, 4.69) is 30.8 Å². The van der Waals surface area contributed by atoms with Crippen LogP contribution in [0.2, 0.25) is 0 Å². The molecule has 0 aromatic rings. The number of nitrogens with zero attached hydrogens (tertiary/aromatic N) is 2. The second-order valence-electron chi connectivity index (χ2n) is 7.30. The molecule has 1 aliphatic carbocycles. The van der Waals surface area contributed by atoms with Crippen LogP contribution in [-0.4, -0.2) is 55.1 Å². The molecule has 20 heavy (non-hydrogen) atoms. The molecule has 1 saturated carbocycles. The Balaban J connectivity index is 2.04. The molecule has 2 aliphatic rings. The number of hydrogen-bond acceptors (Lipinski definition) is 3. The van der Waals surface area contributed by atoms with E-state index >= 15 is 0 Å². The van der Waals surface area contributed by atoms with Crippen molar-refractivity contribution in [3.8, 4) is 0 Å². The average molecular weight is 281 g/mol. The highest BCUT2D eigenvalue weighted by molar-refractivity contribution is 4.96. The summed E-state index contributed by atoms with van der Waals surface area (Å²) in [5.41, 5.74) is 6.55. The predicted molar refractivity (Wildman–Crippen MR) is 86.9 cm³/mol. The van der Waals surface area contributed by atoms with E-state index in [0.29, 0.717) is 6.04 Å². The third-order valence-electron chi connectivity index (χ3n) is 6.13. The van der Waals surface area contributed by atoms with Gasteiger partial charge in [-0.1, -0.05) is 26.2 Å². The van der Waals surface area contributed by atoms with E-state index in [4.69, 9.17) is 5.73 Å². The molecule has 118 valence electrons. The summed E-state index contributed by atoms with van der Waals surface area (Å²) in [5.74, 6) is 0.936. The molecule has 0 spiro atoms. The zero-order chi connectivity index (χ0) is 14.6. The highest BCUT2D eigenvalue weighted by Crippen LogP contribution is 2.36. The fourth-order valence-electron chi connectivity index (χ4n) is 4.41. The molecule has 0 amide bonds. The minimum atomic E-state index is 0.271. The van der Waals surface area contributed by atoms with Crippen molar-refractivity contribution in [3.05, 3.63) is 0 Å². The van der Waals surface area contributed by atoms with Crippen LogP contribution >= 0.6 is 0 Å². The molecule has 3 unspecified atom stereocenters. The zero-order valence-electron chi connectivity index (χ0n) is 13.9. The summed E-state index contributed by atoms with van der Waals surface area (Å²) in [5, 5.41) is 0. The lowest BCUT2D eigenvalue weighted by atomic mass is 9.85. The van der Waals surface area contributed by atoms with Crippen molar-refractivity contribution < 1.29 is 0 Å². The van der Waals surface area contributed by atoms with Gasteiger partial charge in [0.25, 0.3) is 0 Å². The van der Waals surface area contributed by atoms with Gasteiger partial charge < -0.3 is 10.6 Å². The highest BCUT2D eigenvalue weighted by Gasteiger charge is 2.39. The molecular weight excluding hydrogens is 246 g/mol. The molecule has 3 nitrogen and oxygen atoms in total. The van der Waals surface area contributed by atoms with Gasteiger partial charge in [-0.25, -0.2) is 0 Å². The highest BCUT2D eigenvalue weighted by atomic mass is 15.3. The first-order valence-corrected chi connectivity index (χ1v) is 8.73. The van der Waals surface area contributed by atoms with Gasteiger partial charge >= 0.3 is 0 Å². The number of rotatable bonds is 4. The second kappa shape index (κ2) is 7.24. The molecule has 1 aliphatic heterocycles. The summed E-state index contributed by atoms with van der Waals surface area (Å²) in [6.45, 7) is 5.66. The quantitative estimate of drug-likeness (QED) is 0.804. The molecule has 3 heteroatoms. The lowest BCUT2D eigenvalue weighted by molar-refractivity contribution is 0.0275. The number of likely N-dealkylation sites (tertiary alicyclic amines) is 1. The first-order chi connectivity index (χ1) is 9.61. The van der Waals surface area contributed by atoms with Gasteiger partial charge in [0.1, 0.15) is 0 Å². The smallest absolute Gasteiger partial charge is 0.0332 e. The second-order valence-corrected chi connectivity index (χ2v) is 7.30. The van der Waals surface area contributed by atoms with Crippen LogP contribution in [0.3, 0.4) is 0 Å². The lowest BCUT2D eigenvalue weighted by Gasteiger charge is -2.48. The fourth-order valence-corrected chi connectivity index (χ4v) is 4.41. The Hall–Kier alpha value is -0.120. The van der Waals surface area contributed by atoms with Gasteiger partial charge in [0, 0.05) is 24.7 Å². The standard InChI is InChI=1S/C17H35N3/c1-4-15-7-5-10-17(14-18,11-9-15)20(3)16-8-6-12-19(2)13-16/h15-16H,4-14,18H2,1-3H3. The molecule has 0 bridgehead atoms. The minimum Gasteiger partial charge on any atom is -0.329 e. The van der Waals surface area contributed by atoms with Gasteiger partial charge in [-0.05, 0) is 58.7 Å². The van der Waals surface area contributed by atoms with Crippen molar-refractivity contribution >= 4 is 0 Å². The van der Waals surface area contributed by atoms with Gasteiger partial charge in [0.2, 0.25) is 0 Å². The van der Waals surface area contributed by atoms with E-state index in [9.17, 15) is 0 Å². The molecule has 0 aromatic heterocycles. The van der Waals surface area contributed by atoms with Crippen LogP contribution in [0, 0.1) is 5.92 Å². The topological polar surface area (TPSA) is 32.5 Å². The number of nitrogens with two attached hydrogens (primary N) is 1. The van der Waals surface area contributed by atoms with Crippen molar-refractivity contribution in [1.82, 2.24) is 9.80 Å². The fraction of sp³-hybridized carbons (Fsp3) is 1.00. The first kappa shape index (κ1) is 16.3. The predicted octanol–water partition coefficient (Wildman–Crippen LogP) is 2.70. The Labute approximate surface area is 125 Å². The van der Waals surface area contributed by atoms with Crippen molar-refractivity contribution in [2.45, 2.75) is 69.9 Å². The first-order valence-electron chi connectivity index (χ1n) is 8.73. The number of likely N-dealkylation sites (N-methyl/N-ethyl adjacent to an activating group) is 2. The Morgan fingerprint density at radius 2 is 2.00 bits per heavy atom. The molecule has 1 heterocycles. The van der Waals surface area contributed by atoms with Crippen LogP contribution in [0.4, 0.5) is 0 Å².